The summed E-state index contributed by atoms with van der Waals surface area (Å²) in [5, 5.41) is 8.33. The number of rotatable bonds is 5. The lowest BCUT2D eigenvalue weighted by molar-refractivity contribution is -0.117. The first-order valence-corrected chi connectivity index (χ1v) is 10.5. The van der Waals surface area contributed by atoms with Crippen molar-refractivity contribution in [3.05, 3.63) is 54.2 Å². The maximum Gasteiger partial charge on any atom is 0.231 e. The van der Waals surface area contributed by atoms with Crippen molar-refractivity contribution in [2.75, 3.05) is 18.6 Å². The topological polar surface area (TPSA) is 73.1 Å². The number of hydrogen-bond acceptors (Lipinski definition) is 5. The van der Waals surface area contributed by atoms with Crippen molar-refractivity contribution in [1.29, 1.82) is 0 Å². The lowest BCUT2D eigenvalue weighted by Gasteiger charge is -2.18. The molecule has 5 rings (SSSR count). The van der Waals surface area contributed by atoms with Crippen LogP contribution in [-0.2, 0) is 17.8 Å². The predicted molar refractivity (Wildman–Crippen MR) is 120 cm³/mol. The highest BCUT2D eigenvalue weighted by Crippen LogP contribution is 2.41. The van der Waals surface area contributed by atoms with Crippen molar-refractivity contribution in [2.24, 2.45) is 0 Å². The Hall–Kier alpha value is -3.81. The maximum atomic E-state index is 15.1. The van der Waals surface area contributed by atoms with Crippen molar-refractivity contribution in [3.8, 4) is 28.0 Å². The van der Waals surface area contributed by atoms with Gasteiger partial charge in [-0.3, -0.25) is 4.79 Å². The van der Waals surface area contributed by atoms with E-state index in [1.165, 1.54) is 6.07 Å². The Labute approximate surface area is 184 Å². The van der Waals surface area contributed by atoms with E-state index < -0.39 is 0 Å². The zero-order valence-electron chi connectivity index (χ0n) is 18.1. The third kappa shape index (κ3) is 3.02. The average Bonchev–Trinajstić information content (AvgIpc) is 3.37. The molecule has 4 aromatic rings. The van der Waals surface area contributed by atoms with Gasteiger partial charge in [-0.1, -0.05) is 6.07 Å². The molecule has 162 valence electrons. The Morgan fingerprint density at radius 2 is 1.94 bits per heavy atom. The number of aryl methyl sites for hydroxylation is 1. The van der Waals surface area contributed by atoms with E-state index in [2.05, 4.69) is 15.2 Å². The minimum atomic E-state index is -0.374. The number of nitrogens with zero attached hydrogens (tertiary/aromatic N) is 5. The smallest absolute Gasteiger partial charge is 0.231 e. The predicted octanol–water partition coefficient (Wildman–Crippen LogP) is 4.24. The number of carbonyl (C=O) groups is 1. The van der Waals surface area contributed by atoms with Crippen LogP contribution >= 0.6 is 0 Å². The second-order valence-electron chi connectivity index (χ2n) is 7.65. The Kier molecular flexibility index (Phi) is 4.84. The summed E-state index contributed by atoms with van der Waals surface area (Å²) in [5.74, 6) is 0.176. The van der Waals surface area contributed by atoms with Gasteiger partial charge in [-0.05, 0) is 43.2 Å². The molecule has 0 saturated carbocycles. The molecule has 0 saturated heterocycles. The molecule has 7 nitrogen and oxygen atoms in total. The van der Waals surface area contributed by atoms with Crippen LogP contribution in [0.15, 0.2) is 42.9 Å². The van der Waals surface area contributed by atoms with Crippen molar-refractivity contribution < 1.29 is 13.9 Å². The van der Waals surface area contributed by atoms with Crippen LogP contribution in [0.3, 0.4) is 0 Å². The Bertz CT molecular complexity index is 1360. The van der Waals surface area contributed by atoms with Crippen LogP contribution < -0.4 is 9.64 Å². The van der Waals surface area contributed by atoms with Crippen molar-refractivity contribution in [3.63, 3.8) is 0 Å². The Morgan fingerprint density at radius 1 is 1.09 bits per heavy atom. The van der Waals surface area contributed by atoms with Crippen LogP contribution in [0.1, 0.15) is 19.4 Å². The first-order chi connectivity index (χ1) is 15.5. The van der Waals surface area contributed by atoms with Gasteiger partial charge in [0.05, 0.1) is 31.7 Å². The molecule has 0 spiro atoms. The van der Waals surface area contributed by atoms with Gasteiger partial charge >= 0.3 is 0 Å². The van der Waals surface area contributed by atoms with Crippen LogP contribution in [0.2, 0.25) is 0 Å². The summed E-state index contributed by atoms with van der Waals surface area (Å²) in [6.45, 7) is 5.24. The molecular weight excluding hydrogens is 409 g/mol. The standard InChI is InChI=1S/C24H22FN5O2/c1-4-29-13-26-23-18(12-27-28-24(23)29)14-6-7-19(25)16(8-14)17-9-15-10-22(31)30(5-2)20(15)11-21(17)32-3/h6-9,11-13H,4-5,10H2,1-3H3. The number of benzene rings is 2. The highest BCUT2D eigenvalue weighted by Gasteiger charge is 2.28. The summed E-state index contributed by atoms with van der Waals surface area (Å²) in [6, 6.07) is 8.60. The van der Waals surface area contributed by atoms with Gasteiger partial charge in [-0.25, -0.2) is 9.37 Å². The van der Waals surface area contributed by atoms with Crippen LogP contribution in [0.4, 0.5) is 10.1 Å². The van der Waals surface area contributed by atoms with E-state index in [9.17, 15) is 4.79 Å². The Balaban J connectivity index is 1.67. The molecule has 3 heterocycles. The number of likely N-dealkylation sites (N-methyl/N-ethyl adjacent to an activating group) is 1. The fraction of sp³-hybridized carbons (Fsp3) is 0.250. The Morgan fingerprint density at radius 3 is 2.69 bits per heavy atom. The van der Waals surface area contributed by atoms with Gasteiger partial charge in [0, 0.05) is 35.8 Å². The fourth-order valence-corrected chi connectivity index (χ4v) is 4.34. The van der Waals surface area contributed by atoms with Crippen LogP contribution in [0, 0.1) is 5.82 Å². The van der Waals surface area contributed by atoms with E-state index in [1.54, 1.807) is 36.7 Å². The van der Waals surface area contributed by atoms with Gasteiger partial charge < -0.3 is 14.2 Å². The second-order valence-corrected chi connectivity index (χ2v) is 7.65. The molecule has 0 N–H and O–H groups in total. The molecule has 0 aliphatic carbocycles. The number of hydrogen-bond donors (Lipinski definition) is 0. The summed E-state index contributed by atoms with van der Waals surface area (Å²) in [6.07, 6.45) is 3.67. The number of aromatic nitrogens is 4. The van der Waals surface area contributed by atoms with E-state index >= 15 is 4.39 Å². The van der Waals surface area contributed by atoms with Crippen molar-refractivity contribution in [2.45, 2.75) is 26.8 Å². The van der Waals surface area contributed by atoms with E-state index in [0.717, 1.165) is 28.9 Å². The van der Waals surface area contributed by atoms with Crippen LogP contribution in [0.25, 0.3) is 33.4 Å². The van der Waals surface area contributed by atoms with E-state index in [0.29, 0.717) is 41.0 Å². The number of carbonyl (C=O) groups excluding carboxylic acids is 1. The van der Waals surface area contributed by atoms with E-state index in [4.69, 9.17) is 4.74 Å². The van der Waals surface area contributed by atoms with E-state index in [-0.39, 0.29) is 11.7 Å². The molecule has 8 heteroatoms. The molecule has 0 bridgehead atoms. The molecule has 0 unspecified atom stereocenters. The largest absolute Gasteiger partial charge is 0.496 e. The normalized spacial score (nSPS) is 13.1. The van der Waals surface area contributed by atoms with Crippen LogP contribution in [0.5, 0.6) is 5.75 Å². The van der Waals surface area contributed by atoms with E-state index in [1.807, 2.05) is 30.5 Å². The molecule has 0 radical (unpaired) electrons. The van der Waals surface area contributed by atoms with Gasteiger partial charge in [0.2, 0.25) is 5.91 Å². The second kappa shape index (κ2) is 7.71. The summed E-state index contributed by atoms with van der Waals surface area (Å²) in [7, 11) is 1.55. The fourth-order valence-electron chi connectivity index (χ4n) is 4.34. The molecule has 1 aliphatic heterocycles. The third-order valence-corrected chi connectivity index (χ3v) is 5.96. The highest BCUT2D eigenvalue weighted by atomic mass is 19.1. The monoisotopic (exact) mass is 431 g/mol. The summed E-state index contributed by atoms with van der Waals surface area (Å²) in [5.41, 5.74) is 5.63. The lowest BCUT2D eigenvalue weighted by Crippen LogP contribution is -2.25. The molecule has 1 aliphatic rings. The van der Waals surface area contributed by atoms with Gasteiger partial charge in [-0.2, -0.15) is 5.10 Å². The lowest BCUT2D eigenvalue weighted by atomic mass is 9.96. The maximum absolute atomic E-state index is 15.1. The number of amides is 1. The minimum absolute atomic E-state index is 0.0349. The molecule has 0 atom stereocenters. The number of imidazole rings is 1. The highest BCUT2D eigenvalue weighted by molar-refractivity contribution is 6.02. The molecular formula is C24H22FN5O2. The third-order valence-electron chi connectivity index (χ3n) is 5.96. The molecule has 1 amide bonds. The number of halogens is 1. The number of ether oxygens (including phenoxy) is 1. The number of anilines is 1. The minimum Gasteiger partial charge on any atom is -0.496 e. The molecule has 32 heavy (non-hydrogen) atoms. The van der Waals surface area contributed by atoms with Crippen LogP contribution in [-0.4, -0.2) is 39.3 Å². The van der Waals surface area contributed by atoms with Gasteiger partial charge in [0.25, 0.3) is 0 Å². The van der Waals surface area contributed by atoms with Gasteiger partial charge in [0.15, 0.2) is 5.65 Å². The van der Waals surface area contributed by atoms with Crippen molar-refractivity contribution in [1.82, 2.24) is 19.7 Å². The SMILES string of the molecule is CCN1C(=O)Cc2cc(-c3cc(-c4cnnc5c4ncn5CC)ccc3F)c(OC)cc21. The zero-order valence-corrected chi connectivity index (χ0v) is 18.1. The number of methoxy groups -OCH3 is 1. The zero-order chi connectivity index (χ0) is 22.4. The summed E-state index contributed by atoms with van der Waals surface area (Å²) < 4.78 is 22.6. The van der Waals surface area contributed by atoms with Gasteiger partial charge in [-0.15, -0.1) is 5.10 Å². The summed E-state index contributed by atoms with van der Waals surface area (Å²) >= 11 is 0. The van der Waals surface area contributed by atoms with Crippen molar-refractivity contribution >= 4 is 22.8 Å². The molecule has 2 aromatic heterocycles. The first-order valence-electron chi connectivity index (χ1n) is 10.5. The first kappa shape index (κ1) is 20.1. The van der Waals surface area contributed by atoms with Gasteiger partial charge in [0.1, 0.15) is 17.1 Å². The summed E-state index contributed by atoms with van der Waals surface area (Å²) in [4.78, 5) is 18.6. The number of fused-ring (bicyclic) bond motifs is 2. The molecule has 0 fully saturated rings. The average molecular weight is 431 g/mol. The molecule has 2 aromatic carbocycles. The quantitative estimate of drug-likeness (QED) is 0.473.